The van der Waals surface area contributed by atoms with Crippen molar-refractivity contribution in [3.63, 3.8) is 0 Å². The Hall–Kier alpha value is -3.39. The molecule has 0 saturated carbocycles. The number of ether oxygens (including phenoxy) is 1. The largest absolute Gasteiger partial charge is 0.452 e. The third-order valence-corrected chi connectivity index (χ3v) is 6.13. The molecular formula is C24H22FN3O3S. The Bertz CT molecular complexity index is 1070. The van der Waals surface area contributed by atoms with Crippen molar-refractivity contribution in [2.75, 3.05) is 37.7 Å². The lowest BCUT2D eigenvalue weighted by Crippen LogP contribution is -2.49. The van der Waals surface area contributed by atoms with Gasteiger partial charge in [0.05, 0.1) is 5.56 Å². The maximum Gasteiger partial charge on any atom is 0.341 e. The third kappa shape index (κ3) is 5.45. The molecule has 1 fully saturated rings. The summed E-state index contributed by atoms with van der Waals surface area (Å²) >= 11 is 1.37. The average Bonchev–Trinajstić information content (AvgIpc) is 2.84. The zero-order chi connectivity index (χ0) is 22.3. The first-order chi connectivity index (χ1) is 15.6. The summed E-state index contributed by atoms with van der Waals surface area (Å²) in [7, 11) is 0. The van der Waals surface area contributed by atoms with Gasteiger partial charge in [-0.15, -0.1) is 0 Å². The average molecular weight is 452 g/mol. The molecule has 32 heavy (non-hydrogen) atoms. The molecule has 1 aliphatic rings. The molecule has 164 valence electrons. The molecule has 3 aromatic rings. The van der Waals surface area contributed by atoms with Gasteiger partial charge < -0.3 is 14.5 Å². The van der Waals surface area contributed by atoms with Crippen LogP contribution in [0, 0.1) is 5.82 Å². The van der Waals surface area contributed by atoms with Gasteiger partial charge in [0, 0.05) is 43.0 Å². The lowest BCUT2D eigenvalue weighted by atomic mass is 10.2. The van der Waals surface area contributed by atoms with E-state index in [1.807, 2.05) is 30.3 Å². The van der Waals surface area contributed by atoms with Gasteiger partial charge in [0.2, 0.25) is 0 Å². The van der Waals surface area contributed by atoms with Crippen LogP contribution in [0.1, 0.15) is 10.4 Å². The summed E-state index contributed by atoms with van der Waals surface area (Å²) < 4.78 is 18.4. The molecule has 0 atom stereocenters. The minimum absolute atomic E-state index is 0.238. The quantitative estimate of drug-likeness (QED) is 0.530. The molecule has 6 nitrogen and oxygen atoms in total. The Morgan fingerprint density at radius 3 is 2.38 bits per heavy atom. The summed E-state index contributed by atoms with van der Waals surface area (Å²) in [6, 6.07) is 19.2. The number of nitrogens with zero attached hydrogens (tertiary/aromatic N) is 3. The topological polar surface area (TPSA) is 62.7 Å². The van der Waals surface area contributed by atoms with E-state index in [4.69, 9.17) is 4.74 Å². The fraction of sp³-hybridized carbons (Fsp3) is 0.208. The van der Waals surface area contributed by atoms with E-state index in [2.05, 4.69) is 9.88 Å². The van der Waals surface area contributed by atoms with Gasteiger partial charge in [-0.3, -0.25) is 4.79 Å². The second kappa shape index (κ2) is 10.3. The molecule has 2 aromatic carbocycles. The van der Waals surface area contributed by atoms with E-state index >= 15 is 0 Å². The molecule has 1 aromatic heterocycles. The van der Waals surface area contributed by atoms with Crippen molar-refractivity contribution in [2.24, 2.45) is 0 Å². The van der Waals surface area contributed by atoms with Crippen LogP contribution in [0.15, 0.2) is 82.8 Å². The van der Waals surface area contributed by atoms with Crippen LogP contribution in [-0.2, 0) is 9.53 Å². The van der Waals surface area contributed by atoms with E-state index in [1.165, 1.54) is 23.9 Å². The Morgan fingerprint density at radius 2 is 1.66 bits per heavy atom. The molecule has 0 radical (unpaired) electrons. The molecule has 0 bridgehead atoms. The highest BCUT2D eigenvalue weighted by atomic mass is 32.2. The summed E-state index contributed by atoms with van der Waals surface area (Å²) in [6.45, 7) is 1.96. The number of benzene rings is 2. The van der Waals surface area contributed by atoms with Crippen molar-refractivity contribution < 1.29 is 18.7 Å². The molecule has 0 spiro atoms. The van der Waals surface area contributed by atoms with Crippen LogP contribution in [0.5, 0.6) is 0 Å². The highest BCUT2D eigenvalue weighted by molar-refractivity contribution is 7.99. The van der Waals surface area contributed by atoms with Crippen molar-refractivity contribution in [2.45, 2.75) is 9.92 Å². The van der Waals surface area contributed by atoms with Crippen LogP contribution in [-0.4, -0.2) is 54.5 Å². The number of halogens is 1. The summed E-state index contributed by atoms with van der Waals surface area (Å²) in [5.74, 6) is -1.09. The Labute approximate surface area is 190 Å². The zero-order valence-electron chi connectivity index (χ0n) is 17.3. The number of pyridine rings is 1. The predicted octanol–water partition coefficient (Wildman–Crippen LogP) is 3.88. The Balaban J connectivity index is 1.30. The lowest BCUT2D eigenvalue weighted by Gasteiger charge is -2.36. The van der Waals surface area contributed by atoms with Crippen LogP contribution in [0.3, 0.4) is 0 Å². The molecule has 1 amide bonds. The fourth-order valence-electron chi connectivity index (χ4n) is 3.39. The SMILES string of the molecule is O=C(OCC(=O)N1CCN(c2ccc(F)cc2)CC1)c1cccnc1Sc1ccccc1. The van der Waals surface area contributed by atoms with Crippen LogP contribution >= 0.6 is 11.8 Å². The van der Waals surface area contributed by atoms with Gasteiger partial charge in [-0.2, -0.15) is 0 Å². The molecule has 0 N–H and O–H groups in total. The smallest absolute Gasteiger partial charge is 0.341 e. The highest BCUT2D eigenvalue weighted by Gasteiger charge is 2.23. The minimum atomic E-state index is -0.574. The molecule has 4 rings (SSSR count). The molecule has 0 unspecified atom stereocenters. The normalized spacial score (nSPS) is 13.7. The first-order valence-corrected chi connectivity index (χ1v) is 11.0. The number of hydrogen-bond donors (Lipinski definition) is 0. The second-order valence-electron chi connectivity index (χ2n) is 7.19. The van der Waals surface area contributed by atoms with Gasteiger partial charge >= 0.3 is 5.97 Å². The number of aromatic nitrogens is 1. The molecular weight excluding hydrogens is 429 g/mol. The number of anilines is 1. The van der Waals surface area contributed by atoms with Gasteiger partial charge in [-0.1, -0.05) is 30.0 Å². The minimum Gasteiger partial charge on any atom is -0.452 e. The van der Waals surface area contributed by atoms with Crippen molar-refractivity contribution in [3.05, 3.63) is 84.3 Å². The first kappa shape index (κ1) is 21.8. The molecule has 8 heteroatoms. The number of esters is 1. The Kier molecular flexibility index (Phi) is 7.01. The van der Waals surface area contributed by atoms with Crippen LogP contribution in [0.4, 0.5) is 10.1 Å². The van der Waals surface area contributed by atoms with E-state index < -0.39 is 5.97 Å². The molecule has 1 aliphatic heterocycles. The van der Waals surface area contributed by atoms with E-state index in [-0.39, 0.29) is 18.3 Å². The van der Waals surface area contributed by atoms with E-state index in [0.717, 1.165) is 10.6 Å². The van der Waals surface area contributed by atoms with E-state index in [0.29, 0.717) is 36.8 Å². The van der Waals surface area contributed by atoms with Gasteiger partial charge in [-0.05, 0) is 48.5 Å². The summed E-state index contributed by atoms with van der Waals surface area (Å²) in [5.41, 5.74) is 1.25. The number of hydrogen-bond acceptors (Lipinski definition) is 6. The molecule has 2 heterocycles. The summed E-state index contributed by atoms with van der Waals surface area (Å²) in [5, 5.41) is 0.532. The van der Waals surface area contributed by atoms with Crippen LogP contribution in [0.2, 0.25) is 0 Å². The first-order valence-electron chi connectivity index (χ1n) is 10.2. The Morgan fingerprint density at radius 1 is 0.938 bits per heavy atom. The number of rotatable bonds is 6. The maximum atomic E-state index is 13.1. The van der Waals surface area contributed by atoms with E-state index in [9.17, 15) is 14.0 Å². The van der Waals surface area contributed by atoms with Gasteiger partial charge in [0.1, 0.15) is 10.8 Å². The van der Waals surface area contributed by atoms with Crippen LogP contribution < -0.4 is 4.90 Å². The highest BCUT2D eigenvalue weighted by Crippen LogP contribution is 2.28. The fourth-order valence-corrected chi connectivity index (χ4v) is 4.28. The van der Waals surface area contributed by atoms with Crippen LogP contribution in [0.25, 0.3) is 0 Å². The number of piperazine rings is 1. The lowest BCUT2D eigenvalue weighted by molar-refractivity contribution is -0.134. The monoisotopic (exact) mass is 451 g/mol. The third-order valence-electron chi connectivity index (χ3n) is 5.10. The van der Waals surface area contributed by atoms with Crippen molar-refractivity contribution >= 4 is 29.3 Å². The second-order valence-corrected chi connectivity index (χ2v) is 8.25. The van der Waals surface area contributed by atoms with E-state index in [1.54, 1.807) is 35.4 Å². The summed E-state index contributed by atoms with van der Waals surface area (Å²) in [4.78, 5) is 34.2. The predicted molar refractivity (Wildman–Crippen MR) is 120 cm³/mol. The van der Waals surface area contributed by atoms with Crippen molar-refractivity contribution in [3.8, 4) is 0 Å². The van der Waals surface area contributed by atoms with Gasteiger partial charge in [0.15, 0.2) is 6.61 Å². The maximum absolute atomic E-state index is 13.1. The number of carbonyl (C=O) groups is 2. The van der Waals surface area contributed by atoms with Crippen molar-refractivity contribution in [1.82, 2.24) is 9.88 Å². The zero-order valence-corrected chi connectivity index (χ0v) is 18.1. The number of amides is 1. The van der Waals surface area contributed by atoms with Gasteiger partial charge in [0.25, 0.3) is 5.91 Å². The number of carbonyl (C=O) groups excluding carboxylic acids is 2. The van der Waals surface area contributed by atoms with Gasteiger partial charge in [-0.25, -0.2) is 14.2 Å². The molecule has 1 saturated heterocycles. The standard InChI is InChI=1S/C24H22FN3O3S/c25-18-8-10-19(11-9-18)27-13-15-28(16-14-27)22(29)17-31-24(30)21-7-4-12-26-23(21)32-20-5-2-1-3-6-20/h1-12H,13-17H2. The summed E-state index contributed by atoms with van der Waals surface area (Å²) in [6.07, 6.45) is 1.62. The van der Waals surface area contributed by atoms with Crippen molar-refractivity contribution in [1.29, 1.82) is 0 Å². The molecule has 0 aliphatic carbocycles.